The molecule has 172 valence electrons. The number of amides is 1. The molecule has 2 aromatic rings. The van der Waals surface area contributed by atoms with Crippen molar-refractivity contribution in [2.24, 2.45) is 0 Å². The zero-order chi connectivity index (χ0) is 22.9. The number of nitrogens with zero attached hydrogens (tertiary/aromatic N) is 2. The average molecular weight is 482 g/mol. The van der Waals surface area contributed by atoms with Crippen molar-refractivity contribution in [2.45, 2.75) is 15.9 Å². The van der Waals surface area contributed by atoms with Gasteiger partial charge in [0.15, 0.2) is 6.10 Å². The summed E-state index contributed by atoms with van der Waals surface area (Å²) >= 11 is 0. The lowest BCUT2D eigenvalue weighted by Crippen LogP contribution is -2.50. The molecular weight excluding hydrogens is 458 g/mol. The number of likely N-dealkylation sites (N-methyl/N-ethyl adjacent to an activating group) is 1. The van der Waals surface area contributed by atoms with Gasteiger partial charge in [-0.3, -0.25) is 9.10 Å². The van der Waals surface area contributed by atoms with E-state index in [0.29, 0.717) is 18.9 Å². The molecule has 4 rings (SSSR count). The number of nitrogens with one attached hydrogen (secondary N) is 1. The van der Waals surface area contributed by atoms with Crippen LogP contribution in [0.2, 0.25) is 0 Å². The van der Waals surface area contributed by atoms with Crippen LogP contribution in [0, 0.1) is 0 Å². The molecule has 2 aliphatic rings. The molecule has 0 saturated carbocycles. The number of benzene rings is 2. The summed E-state index contributed by atoms with van der Waals surface area (Å²) in [6.45, 7) is 0.901. The smallest absolute Gasteiger partial charge is 0.264 e. The minimum atomic E-state index is -4.09. The number of carbonyl (C=O) groups excluding carboxylic acids is 1. The molecule has 0 spiro atoms. The number of fused-ring (bicyclic) bond motifs is 1. The topological polar surface area (TPSA) is 122 Å². The Morgan fingerprint density at radius 2 is 1.53 bits per heavy atom. The van der Waals surface area contributed by atoms with E-state index >= 15 is 0 Å². The van der Waals surface area contributed by atoms with Gasteiger partial charge in [0.05, 0.1) is 35.2 Å². The van der Waals surface area contributed by atoms with Crippen molar-refractivity contribution in [3.05, 3.63) is 48.5 Å². The molecule has 10 nitrogen and oxygen atoms in total. The number of ether oxygens (including phenoxy) is 2. The number of anilines is 1. The maximum Gasteiger partial charge on any atom is 0.264 e. The van der Waals surface area contributed by atoms with E-state index in [2.05, 4.69) is 5.32 Å². The number of rotatable bonds is 5. The second kappa shape index (κ2) is 8.70. The summed E-state index contributed by atoms with van der Waals surface area (Å²) in [5, 5.41) is 2.47. The fraction of sp³-hybridized carbons (Fsp3) is 0.350. The van der Waals surface area contributed by atoms with Gasteiger partial charge in [-0.2, -0.15) is 4.31 Å². The summed E-state index contributed by atoms with van der Waals surface area (Å²) in [4.78, 5) is 12.1. The number of morpholine rings is 1. The average Bonchev–Trinajstić information content (AvgIpc) is 2.83. The van der Waals surface area contributed by atoms with Gasteiger partial charge in [0.1, 0.15) is 5.75 Å². The van der Waals surface area contributed by atoms with Crippen LogP contribution in [0.4, 0.5) is 5.69 Å². The van der Waals surface area contributed by atoms with E-state index in [1.807, 2.05) is 0 Å². The minimum Gasteiger partial charge on any atom is -0.476 e. The van der Waals surface area contributed by atoms with Gasteiger partial charge in [-0.25, -0.2) is 16.8 Å². The van der Waals surface area contributed by atoms with Gasteiger partial charge in [-0.15, -0.1) is 0 Å². The molecule has 32 heavy (non-hydrogen) atoms. The lowest BCUT2D eigenvalue weighted by atomic mass is 10.2. The lowest BCUT2D eigenvalue weighted by Gasteiger charge is -2.34. The molecular formula is C20H23N3O7S2. The predicted molar refractivity (Wildman–Crippen MR) is 115 cm³/mol. The van der Waals surface area contributed by atoms with Crippen LogP contribution in [0.3, 0.4) is 0 Å². The van der Waals surface area contributed by atoms with E-state index in [4.69, 9.17) is 9.47 Å². The maximum absolute atomic E-state index is 13.4. The van der Waals surface area contributed by atoms with E-state index < -0.39 is 32.1 Å². The van der Waals surface area contributed by atoms with E-state index in [9.17, 15) is 21.6 Å². The summed E-state index contributed by atoms with van der Waals surface area (Å²) in [5.41, 5.74) is 0.303. The van der Waals surface area contributed by atoms with Gasteiger partial charge < -0.3 is 14.8 Å². The summed E-state index contributed by atoms with van der Waals surface area (Å²) in [5.74, 6) is -0.186. The first-order valence-electron chi connectivity index (χ1n) is 9.93. The third-order valence-corrected chi connectivity index (χ3v) is 9.00. The Balaban J connectivity index is 1.66. The fourth-order valence-electron chi connectivity index (χ4n) is 3.57. The first-order valence-corrected chi connectivity index (χ1v) is 12.8. The Labute approximate surface area is 186 Å². The zero-order valence-corrected chi connectivity index (χ0v) is 18.9. The highest BCUT2D eigenvalue weighted by atomic mass is 32.2. The van der Waals surface area contributed by atoms with Gasteiger partial charge >= 0.3 is 0 Å². The van der Waals surface area contributed by atoms with Gasteiger partial charge in [-0.05, 0) is 36.4 Å². The number of sulfonamides is 2. The maximum atomic E-state index is 13.4. The second-order valence-electron chi connectivity index (χ2n) is 7.21. The first-order chi connectivity index (χ1) is 15.2. The van der Waals surface area contributed by atoms with Crippen molar-refractivity contribution >= 4 is 31.6 Å². The predicted octanol–water partition coefficient (Wildman–Crippen LogP) is 0.410. The molecule has 0 aromatic heterocycles. The monoisotopic (exact) mass is 481 g/mol. The standard InChI is InChI=1S/C20H23N3O7S2/c1-21-20(24)19-14-23(17-4-2-3-5-18(17)30-19)32(27,28)16-8-6-15(7-9-16)31(25,26)22-10-12-29-13-11-22/h2-9,19H,10-14H2,1H3,(H,21,24). The third kappa shape index (κ3) is 4.06. The molecule has 0 bridgehead atoms. The van der Waals surface area contributed by atoms with E-state index in [-0.39, 0.29) is 35.2 Å². The van der Waals surface area contributed by atoms with Crippen molar-refractivity contribution in [3.8, 4) is 5.75 Å². The molecule has 1 amide bonds. The number of hydrogen-bond donors (Lipinski definition) is 1. The summed E-state index contributed by atoms with van der Waals surface area (Å²) < 4.78 is 65.8. The van der Waals surface area contributed by atoms with Crippen molar-refractivity contribution in [1.29, 1.82) is 0 Å². The lowest BCUT2D eigenvalue weighted by molar-refractivity contribution is -0.127. The van der Waals surface area contributed by atoms with Crippen molar-refractivity contribution in [2.75, 3.05) is 44.2 Å². The van der Waals surface area contributed by atoms with Crippen LogP contribution < -0.4 is 14.4 Å². The Bertz CT molecular complexity index is 1210. The Morgan fingerprint density at radius 1 is 0.938 bits per heavy atom. The Hall–Kier alpha value is -2.67. The van der Waals surface area contributed by atoms with Gasteiger partial charge in [0.2, 0.25) is 10.0 Å². The van der Waals surface area contributed by atoms with E-state index in [1.165, 1.54) is 35.6 Å². The van der Waals surface area contributed by atoms with Crippen LogP contribution in [0.5, 0.6) is 5.75 Å². The highest BCUT2D eigenvalue weighted by Gasteiger charge is 2.37. The van der Waals surface area contributed by atoms with E-state index in [1.54, 1.807) is 24.3 Å². The number of hydrogen-bond acceptors (Lipinski definition) is 7. The molecule has 2 heterocycles. The molecule has 1 fully saturated rings. The summed E-state index contributed by atoms with van der Waals surface area (Å²) in [6.07, 6.45) is -1.02. The molecule has 1 unspecified atom stereocenters. The number of carbonyl (C=O) groups is 1. The molecule has 12 heteroatoms. The van der Waals surface area contributed by atoms with Gasteiger partial charge in [-0.1, -0.05) is 12.1 Å². The highest BCUT2D eigenvalue weighted by Crippen LogP contribution is 2.37. The highest BCUT2D eigenvalue weighted by molar-refractivity contribution is 7.93. The van der Waals surface area contributed by atoms with Crippen LogP contribution in [-0.2, 0) is 29.6 Å². The first kappa shape index (κ1) is 22.5. The fourth-order valence-corrected chi connectivity index (χ4v) is 6.46. The Morgan fingerprint density at radius 3 is 2.16 bits per heavy atom. The third-order valence-electron chi connectivity index (χ3n) is 5.29. The van der Waals surface area contributed by atoms with Crippen LogP contribution >= 0.6 is 0 Å². The minimum absolute atomic E-state index is 0.00367. The largest absolute Gasteiger partial charge is 0.476 e. The molecule has 1 saturated heterocycles. The van der Waals surface area contributed by atoms with Crippen LogP contribution in [-0.4, -0.2) is 73.0 Å². The van der Waals surface area contributed by atoms with Crippen molar-refractivity contribution in [3.63, 3.8) is 0 Å². The van der Waals surface area contributed by atoms with Gasteiger partial charge in [0, 0.05) is 20.1 Å². The molecule has 2 aliphatic heterocycles. The quantitative estimate of drug-likeness (QED) is 0.656. The summed E-state index contributed by atoms with van der Waals surface area (Å²) in [6, 6.07) is 11.6. The zero-order valence-electron chi connectivity index (χ0n) is 17.3. The SMILES string of the molecule is CNC(=O)C1CN(S(=O)(=O)c2ccc(S(=O)(=O)N3CCOCC3)cc2)c2ccccc2O1. The molecule has 2 aromatic carbocycles. The normalized spacial score (nSPS) is 19.7. The molecule has 0 radical (unpaired) electrons. The van der Waals surface area contributed by atoms with Crippen LogP contribution in [0.15, 0.2) is 58.3 Å². The van der Waals surface area contributed by atoms with Crippen molar-refractivity contribution in [1.82, 2.24) is 9.62 Å². The number of para-hydroxylation sites is 2. The van der Waals surface area contributed by atoms with Crippen LogP contribution in [0.25, 0.3) is 0 Å². The Kier molecular flexibility index (Phi) is 6.12. The molecule has 0 aliphatic carbocycles. The summed E-state index contributed by atoms with van der Waals surface area (Å²) in [7, 11) is -6.40. The van der Waals surface area contributed by atoms with E-state index in [0.717, 1.165) is 4.31 Å². The van der Waals surface area contributed by atoms with Crippen molar-refractivity contribution < 1.29 is 31.1 Å². The molecule has 1 atom stereocenters. The van der Waals surface area contributed by atoms with Gasteiger partial charge in [0.25, 0.3) is 15.9 Å². The second-order valence-corrected chi connectivity index (χ2v) is 11.0. The van der Waals surface area contributed by atoms with Crippen LogP contribution in [0.1, 0.15) is 0 Å². The molecule has 1 N–H and O–H groups in total.